The van der Waals surface area contributed by atoms with Gasteiger partial charge in [-0.05, 0) is 71.4 Å². The average Bonchev–Trinajstić information content (AvgIpc) is 3.27. The monoisotopic (exact) mass is 495 g/mol. The number of carbonyl (C=O) groups excluding carboxylic acids is 1. The lowest BCUT2D eigenvalue weighted by Gasteiger charge is -2.30. The Kier molecular flexibility index (Phi) is 5.32. The molecular formula is C22H21BrF3N3O2. The highest BCUT2D eigenvalue weighted by molar-refractivity contribution is 9.10. The summed E-state index contributed by atoms with van der Waals surface area (Å²) in [6, 6.07) is 7.13. The van der Waals surface area contributed by atoms with Crippen LogP contribution in [0.4, 0.5) is 13.2 Å². The Morgan fingerprint density at radius 1 is 1.32 bits per heavy atom. The van der Waals surface area contributed by atoms with Gasteiger partial charge in [-0.2, -0.15) is 18.4 Å². The van der Waals surface area contributed by atoms with Crippen LogP contribution in [-0.2, 0) is 19.4 Å². The zero-order chi connectivity index (χ0) is 22.6. The number of nitriles is 1. The second-order valence-corrected chi connectivity index (χ2v) is 9.04. The van der Waals surface area contributed by atoms with Crippen molar-refractivity contribution in [3.63, 3.8) is 0 Å². The van der Waals surface area contributed by atoms with Crippen molar-refractivity contribution in [2.24, 2.45) is 0 Å². The highest BCUT2D eigenvalue weighted by Crippen LogP contribution is 2.42. The Morgan fingerprint density at radius 2 is 2.06 bits per heavy atom. The number of methoxy groups -OCH3 is 1. The summed E-state index contributed by atoms with van der Waals surface area (Å²) in [5, 5.41) is 9.58. The van der Waals surface area contributed by atoms with Crippen molar-refractivity contribution in [3.8, 4) is 23.1 Å². The number of hydrogen-bond donors (Lipinski definition) is 0. The van der Waals surface area contributed by atoms with Gasteiger partial charge in [-0.15, -0.1) is 0 Å². The van der Waals surface area contributed by atoms with Crippen LogP contribution in [0.2, 0.25) is 0 Å². The number of aromatic nitrogens is 1. The van der Waals surface area contributed by atoms with Crippen molar-refractivity contribution < 1.29 is 22.7 Å². The molecule has 1 fully saturated rings. The van der Waals surface area contributed by atoms with Gasteiger partial charge < -0.3 is 14.2 Å². The zero-order valence-corrected chi connectivity index (χ0v) is 18.7. The summed E-state index contributed by atoms with van der Waals surface area (Å²) in [5.74, 6) is 0.210. The summed E-state index contributed by atoms with van der Waals surface area (Å²) < 4.78 is 47.8. The molecule has 164 valence electrons. The summed E-state index contributed by atoms with van der Waals surface area (Å²) in [6.07, 6.45) is -3.75. The Morgan fingerprint density at radius 3 is 2.71 bits per heavy atom. The van der Waals surface area contributed by atoms with Crippen LogP contribution in [0.1, 0.15) is 41.4 Å². The van der Waals surface area contributed by atoms with E-state index in [1.54, 1.807) is 17.6 Å². The third kappa shape index (κ3) is 3.71. The quantitative estimate of drug-likeness (QED) is 0.594. The molecule has 0 saturated carbocycles. The number of likely N-dealkylation sites (tertiary alicyclic amines) is 1. The fourth-order valence-electron chi connectivity index (χ4n) is 4.64. The minimum atomic E-state index is -4.42. The molecule has 0 N–H and O–H groups in total. The summed E-state index contributed by atoms with van der Waals surface area (Å²) in [6.45, 7) is 2.49. The molecular weight excluding hydrogens is 475 g/mol. The molecule has 4 rings (SSSR count). The van der Waals surface area contributed by atoms with E-state index in [-0.39, 0.29) is 11.3 Å². The second kappa shape index (κ2) is 7.59. The van der Waals surface area contributed by atoms with Gasteiger partial charge in [0, 0.05) is 18.7 Å². The predicted molar refractivity (Wildman–Crippen MR) is 112 cm³/mol. The van der Waals surface area contributed by atoms with Gasteiger partial charge in [0.1, 0.15) is 17.0 Å². The van der Waals surface area contributed by atoms with Crippen LogP contribution >= 0.6 is 15.9 Å². The minimum Gasteiger partial charge on any atom is -0.496 e. The molecule has 2 aliphatic heterocycles. The lowest BCUT2D eigenvalue weighted by atomic mass is 9.95. The SMILES string of the molecule is COc1cc2c(cc1Br)-c1c(CC(F)(F)F)cc(C(=O)N3CCC[C@]3(C)C#N)n1CC2. The van der Waals surface area contributed by atoms with Crippen LogP contribution in [0.15, 0.2) is 22.7 Å². The zero-order valence-electron chi connectivity index (χ0n) is 17.1. The first-order valence-electron chi connectivity index (χ1n) is 9.97. The summed E-state index contributed by atoms with van der Waals surface area (Å²) in [5.41, 5.74) is 1.25. The molecule has 1 aromatic heterocycles. The van der Waals surface area contributed by atoms with E-state index in [9.17, 15) is 23.2 Å². The molecule has 1 atom stereocenters. The molecule has 0 unspecified atom stereocenters. The van der Waals surface area contributed by atoms with Crippen molar-refractivity contribution in [2.45, 2.75) is 50.9 Å². The van der Waals surface area contributed by atoms with E-state index in [0.717, 1.165) is 5.56 Å². The van der Waals surface area contributed by atoms with E-state index in [1.165, 1.54) is 18.1 Å². The molecule has 0 spiro atoms. The maximum absolute atomic E-state index is 13.4. The minimum absolute atomic E-state index is 0.0618. The van der Waals surface area contributed by atoms with Crippen LogP contribution in [0.5, 0.6) is 5.75 Å². The molecule has 31 heavy (non-hydrogen) atoms. The second-order valence-electron chi connectivity index (χ2n) is 8.19. The number of benzene rings is 1. The third-order valence-corrected chi connectivity index (χ3v) is 6.77. The molecule has 2 aromatic rings. The Balaban J connectivity index is 1.88. The van der Waals surface area contributed by atoms with Crippen molar-refractivity contribution in [1.29, 1.82) is 5.26 Å². The molecule has 1 amide bonds. The van der Waals surface area contributed by atoms with E-state index in [1.807, 2.05) is 6.07 Å². The van der Waals surface area contributed by atoms with Crippen LogP contribution in [-0.4, -0.2) is 40.7 Å². The largest absolute Gasteiger partial charge is 0.496 e. The molecule has 1 aromatic carbocycles. The van der Waals surface area contributed by atoms with Gasteiger partial charge in [-0.3, -0.25) is 4.79 Å². The van der Waals surface area contributed by atoms with E-state index in [2.05, 4.69) is 22.0 Å². The number of hydrogen-bond acceptors (Lipinski definition) is 3. The molecule has 5 nitrogen and oxygen atoms in total. The van der Waals surface area contributed by atoms with Gasteiger partial charge >= 0.3 is 6.18 Å². The highest BCUT2D eigenvalue weighted by Gasteiger charge is 2.42. The van der Waals surface area contributed by atoms with Crippen LogP contribution < -0.4 is 4.74 Å². The normalized spacial score (nSPS) is 20.2. The topological polar surface area (TPSA) is 58.3 Å². The number of halogens is 4. The first-order valence-corrected chi connectivity index (χ1v) is 10.8. The number of nitrogens with zero attached hydrogens (tertiary/aromatic N) is 3. The number of amides is 1. The van der Waals surface area contributed by atoms with E-state index in [4.69, 9.17) is 4.74 Å². The van der Waals surface area contributed by atoms with Crippen LogP contribution in [0, 0.1) is 11.3 Å². The van der Waals surface area contributed by atoms with Gasteiger partial charge in [0.2, 0.25) is 0 Å². The smallest absolute Gasteiger partial charge is 0.393 e. The van der Waals surface area contributed by atoms with Crippen LogP contribution in [0.3, 0.4) is 0 Å². The highest BCUT2D eigenvalue weighted by atomic mass is 79.9. The first kappa shape index (κ1) is 21.8. The van der Waals surface area contributed by atoms with Gasteiger partial charge in [-0.1, -0.05) is 0 Å². The average molecular weight is 496 g/mol. The summed E-state index contributed by atoms with van der Waals surface area (Å²) in [4.78, 5) is 14.9. The Hall–Kier alpha value is -2.47. The molecule has 1 saturated heterocycles. The maximum Gasteiger partial charge on any atom is 0.393 e. The molecule has 0 radical (unpaired) electrons. The number of ether oxygens (including phenoxy) is 1. The number of alkyl halides is 3. The summed E-state index contributed by atoms with van der Waals surface area (Å²) >= 11 is 3.42. The fourth-order valence-corrected chi connectivity index (χ4v) is 5.14. The third-order valence-electron chi connectivity index (χ3n) is 6.15. The molecule has 2 aliphatic rings. The molecule has 0 aliphatic carbocycles. The van der Waals surface area contributed by atoms with Gasteiger partial charge in [0.15, 0.2) is 0 Å². The number of carbonyl (C=O) groups is 1. The van der Waals surface area contributed by atoms with E-state index in [0.29, 0.717) is 53.8 Å². The maximum atomic E-state index is 13.4. The number of aryl methyl sites for hydroxylation is 1. The Bertz CT molecular complexity index is 1100. The lowest BCUT2D eigenvalue weighted by molar-refractivity contribution is -0.127. The standard InChI is InChI=1S/C22H21BrF3N3O2/c1-21(12-27)5-3-6-29(21)20(30)17-8-14(11-22(24,25)26)19-15-10-16(23)18(31-2)9-13(15)4-7-28(17)19/h8-10H,3-7,11H2,1-2H3/t21-/m1/s1. The lowest BCUT2D eigenvalue weighted by Crippen LogP contribution is -2.44. The fraction of sp³-hybridized carbons (Fsp3) is 0.455. The van der Waals surface area contributed by atoms with E-state index >= 15 is 0 Å². The predicted octanol–water partition coefficient (Wildman–Crippen LogP) is 5.11. The summed E-state index contributed by atoms with van der Waals surface area (Å²) in [7, 11) is 1.53. The van der Waals surface area contributed by atoms with Crippen molar-refractivity contribution in [1.82, 2.24) is 9.47 Å². The van der Waals surface area contributed by atoms with E-state index < -0.39 is 24.0 Å². The Labute approximate surface area is 186 Å². The first-order chi connectivity index (χ1) is 14.6. The number of rotatable bonds is 3. The van der Waals surface area contributed by atoms with Crippen LogP contribution in [0.25, 0.3) is 11.3 Å². The van der Waals surface area contributed by atoms with Gasteiger partial charge in [0.05, 0.1) is 29.8 Å². The van der Waals surface area contributed by atoms with Crippen molar-refractivity contribution in [2.75, 3.05) is 13.7 Å². The van der Waals surface area contributed by atoms with Gasteiger partial charge in [-0.25, -0.2) is 0 Å². The molecule has 9 heteroatoms. The molecule has 0 bridgehead atoms. The van der Waals surface area contributed by atoms with Crippen molar-refractivity contribution >= 4 is 21.8 Å². The molecule has 3 heterocycles. The van der Waals surface area contributed by atoms with Crippen molar-refractivity contribution in [3.05, 3.63) is 39.5 Å². The number of fused-ring (bicyclic) bond motifs is 3. The van der Waals surface area contributed by atoms with Gasteiger partial charge in [0.25, 0.3) is 5.91 Å².